The van der Waals surface area contributed by atoms with E-state index in [2.05, 4.69) is 41.6 Å². The summed E-state index contributed by atoms with van der Waals surface area (Å²) in [6.07, 6.45) is 1.09. The van der Waals surface area contributed by atoms with E-state index in [1.165, 1.54) is 0 Å². The Kier molecular flexibility index (Phi) is 5.74. The number of carbonyl (C=O) groups excluding carboxylic acids is 1. The van der Waals surface area contributed by atoms with Gasteiger partial charge < -0.3 is 14.9 Å². The molecule has 0 spiro atoms. The van der Waals surface area contributed by atoms with Gasteiger partial charge in [-0.15, -0.1) is 11.3 Å². The van der Waals surface area contributed by atoms with Crippen LogP contribution < -0.4 is 10.1 Å². The number of nitrogens with zero attached hydrogens (tertiary/aromatic N) is 2. The Hall–Kier alpha value is -2.41. The van der Waals surface area contributed by atoms with Crippen molar-refractivity contribution in [3.05, 3.63) is 45.9 Å². The lowest BCUT2D eigenvalue weighted by Crippen LogP contribution is -2.45. The van der Waals surface area contributed by atoms with Gasteiger partial charge in [0.25, 0.3) is 5.91 Å². The molecule has 2 heterocycles. The van der Waals surface area contributed by atoms with Gasteiger partial charge in [0.15, 0.2) is 0 Å². The van der Waals surface area contributed by atoms with Gasteiger partial charge >= 0.3 is 0 Å². The van der Waals surface area contributed by atoms with E-state index in [1.807, 2.05) is 24.3 Å². The quantitative estimate of drug-likeness (QED) is 0.801. The molecule has 0 radical (unpaired) electrons. The zero-order valence-corrected chi connectivity index (χ0v) is 17.9. The summed E-state index contributed by atoms with van der Waals surface area (Å²) in [6, 6.07) is 7.59. The van der Waals surface area contributed by atoms with Gasteiger partial charge in [-0.1, -0.05) is 38.1 Å². The van der Waals surface area contributed by atoms with Crippen LogP contribution in [0.1, 0.15) is 50.4 Å². The van der Waals surface area contributed by atoms with Crippen molar-refractivity contribution in [3.63, 3.8) is 0 Å². The molecule has 1 aromatic carbocycles. The monoisotopic (exact) mass is 401 g/mol. The molecular weight excluding hydrogens is 374 g/mol. The summed E-state index contributed by atoms with van der Waals surface area (Å²) < 4.78 is 5.38. The minimum absolute atomic E-state index is 0.0371. The van der Waals surface area contributed by atoms with E-state index in [0.717, 1.165) is 16.3 Å². The summed E-state index contributed by atoms with van der Waals surface area (Å²) in [5, 5.41) is 10.2. The Morgan fingerprint density at radius 3 is 2.79 bits per heavy atom. The fourth-order valence-corrected chi connectivity index (χ4v) is 3.95. The van der Waals surface area contributed by atoms with E-state index in [-0.39, 0.29) is 11.3 Å². The van der Waals surface area contributed by atoms with Crippen LogP contribution in [0.2, 0.25) is 0 Å². The Morgan fingerprint density at radius 2 is 2.11 bits per heavy atom. The molecule has 28 heavy (non-hydrogen) atoms. The first-order valence-electron chi connectivity index (χ1n) is 9.34. The first kappa shape index (κ1) is 20.3. The van der Waals surface area contributed by atoms with Crippen molar-refractivity contribution in [3.8, 4) is 5.75 Å². The van der Waals surface area contributed by atoms with E-state index >= 15 is 0 Å². The SMILES string of the molecule is COc1ccccc1C1=NO[C@](C)(C(=O)NCCc2nc(C(C)(C)C)cs2)C1. The first-order valence-corrected chi connectivity index (χ1v) is 10.2. The second-order valence-electron chi connectivity index (χ2n) is 8.12. The molecule has 6 nitrogen and oxygen atoms in total. The molecule has 1 N–H and O–H groups in total. The third kappa shape index (κ3) is 4.35. The van der Waals surface area contributed by atoms with Crippen molar-refractivity contribution >= 4 is 23.0 Å². The van der Waals surface area contributed by atoms with Gasteiger partial charge in [-0.25, -0.2) is 4.98 Å². The number of rotatable bonds is 6. The zero-order valence-electron chi connectivity index (χ0n) is 17.0. The highest BCUT2D eigenvalue weighted by Crippen LogP contribution is 2.30. The first-order chi connectivity index (χ1) is 13.2. The molecule has 1 aliphatic rings. The summed E-state index contributed by atoms with van der Waals surface area (Å²) >= 11 is 1.63. The Morgan fingerprint density at radius 1 is 1.36 bits per heavy atom. The topological polar surface area (TPSA) is 72.8 Å². The third-order valence-corrected chi connectivity index (χ3v) is 5.61. The van der Waals surface area contributed by atoms with Gasteiger partial charge in [-0.05, 0) is 19.1 Å². The molecule has 1 aliphatic heterocycles. The molecule has 1 atom stereocenters. The molecule has 0 unspecified atom stereocenters. The Labute approximate surface area is 170 Å². The number of oxime groups is 1. The summed E-state index contributed by atoms with van der Waals surface area (Å²) in [7, 11) is 1.62. The highest BCUT2D eigenvalue weighted by atomic mass is 32.1. The normalized spacial score (nSPS) is 19.1. The van der Waals surface area contributed by atoms with Crippen molar-refractivity contribution in [1.29, 1.82) is 0 Å². The lowest BCUT2D eigenvalue weighted by Gasteiger charge is -2.20. The highest BCUT2D eigenvalue weighted by molar-refractivity contribution is 7.09. The molecular formula is C21H27N3O3S. The lowest BCUT2D eigenvalue weighted by molar-refractivity contribution is -0.141. The second kappa shape index (κ2) is 7.91. The van der Waals surface area contributed by atoms with E-state index in [1.54, 1.807) is 25.4 Å². The number of aromatic nitrogens is 1. The van der Waals surface area contributed by atoms with Crippen molar-refractivity contribution in [2.24, 2.45) is 5.16 Å². The maximum absolute atomic E-state index is 12.7. The number of benzene rings is 1. The van der Waals surface area contributed by atoms with Crippen molar-refractivity contribution in [2.75, 3.05) is 13.7 Å². The van der Waals surface area contributed by atoms with E-state index < -0.39 is 5.60 Å². The summed E-state index contributed by atoms with van der Waals surface area (Å²) in [5.74, 6) is 0.543. The van der Waals surface area contributed by atoms with E-state index in [4.69, 9.17) is 9.57 Å². The maximum Gasteiger partial charge on any atom is 0.267 e. The number of carbonyl (C=O) groups is 1. The van der Waals surface area contributed by atoms with Crippen LogP contribution in [0.5, 0.6) is 5.75 Å². The molecule has 150 valence electrons. The molecule has 0 fully saturated rings. The summed E-state index contributed by atoms with van der Waals surface area (Å²) in [5.41, 5.74) is 1.66. The summed E-state index contributed by atoms with van der Waals surface area (Å²) in [6.45, 7) is 8.70. The van der Waals surface area contributed by atoms with E-state index in [0.29, 0.717) is 30.8 Å². The van der Waals surface area contributed by atoms with Crippen LogP contribution in [0.25, 0.3) is 0 Å². The molecule has 0 saturated carbocycles. The number of thiazole rings is 1. The van der Waals surface area contributed by atoms with Crippen LogP contribution in [-0.2, 0) is 21.5 Å². The zero-order chi connectivity index (χ0) is 20.4. The molecule has 2 aromatic rings. The van der Waals surface area contributed by atoms with Gasteiger partial charge in [0.05, 0.1) is 23.5 Å². The molecule has 3 rings (SSSR count). The smallest absolute Gasteiger partial charge is 0.267 e. The van der Waals surface area contributed by atoms with Crippen LogP contribution in [0, 0.1) is 0 Å². The third-order valence-electron chi connectivity index (χ3n) is 4.70. The van der Waals surface area contributed by atoms with Crippen LogP contribution in [0.15, 0.2) is 34.8 Å². The highest BCUT2D eigenvalue weighted by Gasteiger charge is 2.42. The molecule has 0 saturated heterocycles. The van der Waals surface area contributed by atoms with Crippen LogP contribution >= 0.6 is 11.3 Å². The Bertz CT molecular complexity index is 885. The molecule has 1 amide bonds. The predicted molar refractivity (Wildman–Crippen MR) is 111 cm³/mol. The van der Waals surface area contributed by atoms with Crippen molar-refractivity contribution in [2.45, 2.75) is 51.6 Å². The standard InChI is InChI=1S/C21H27N3O3S/c1-20(2,3)17-13-28-18(23-17)10-11-22-19(25)21(4)12-15(24-27-21)14-8-6-7-9-16(14)26-5/h6-9,13H,10-12H2,1-5H3,(H,22,25)/t21-/m0/s1. The van der Waals surface area contributed by atoms with Crippen LogP contribution in [0.3, 0.4) is 0 Å². The number of ether oxygens (including phenoxy) is 1. The van der Waals surface area contributed by atoms with E-state index in [9.17, 15) is 4.79 Å². The number of para-hydroxylation sites is 1. The number of methoxy groups -OCH3 is 1. The van der Waals surface area contributed by atoms with Crippen LogP contribution in [0.4, 0.5) is 0 Å². The maximum atomic E-state index is 12.7. The van der Waals surface area contributed by atoms with Gasteiger partial charge in [0, 0.05) is 35.7 Å². The average Bonchev–Trinajstić information content (AvgIpc) is 3.29. The molecule has 0 aliphatic carbocycles. The lowest BCUT2D eigenvalue weighted by atomic mass is 9.93. The summed E-state index contributed by atoms with van der Waals surface area (Å²) in [4.78, 5) is 22.9. The van der Waals surface area contributed by atoms with Gasteiger partial charge in [-0.3, -0.25) is 4.79 Å². The molecule has 1 aromatic heterocycles. The average molecular weight is 402 g/mol. The van der Waals surface area contributed by atoms with Gasteiger partial charge in [0.2, 0.25) is 5.60 Å². The number of hydrogen-bond acceptors (Lipinski definition) is 6. The van der Waals surface area contributed by atoms with Crippen LogP contribution in [-0.4, -0.2) is 35.9 Å². The predicted octanol–water partition coefficient (Wildman–Crippen LogP) is 3.69. The minimum Gasteiger partial charge on any atom is -0.496 e. The number of amides is 1. The fraction of sp³-hybridized carbons (Fsp3) is 0.476. The fourth-order valence-electron chi connectivity index (χ4n) is 2.93. The van der Waals surface area contributed by atoms with Crippen molar-refractivity contribution in [1.82, 2.24) is 10.3 Å². The largest absolute Gasteiger partial charge is 0.496 e. The minimum atomic E-state index is -1.02. The van der Waals surface area contributed by atoms with Gasteiger partial charge in [-0.2, -0.15) is 0 Å². The molecule has 0 bridgehead atoms. The van der Waals surface area contributed by atoms with Crippen molar-refractivity contribution < 1.29 is 14.4 Å². The molecule has 7 heteroatoms. The van der Waals surface area contributed by atoms with Gasteiger partial charge in [0.1, 0.15) is 5.75 Å². The second-order valence-corrected chi connectivity index (χ2v) is 9.06. The number of nitrogens with one attached hydrogen (secondary N) is 1. The Balaban J connectivity index is 1.56. The number of hydrogen-bond donors (Lipinski definition) is 1.